The quantitative estimate of drug-likeness (QED) is 0.594. The van der Waals surface area contributed by atoms with E-state index in [0.717, 1.165) is 12.8 Å². The monoisotopic (exact) mass is 349 g/mol. The summed E-state index contributed by atoms with van der Waals surface area (Å²) in [6, 6.07) is 18.8. The minimum absolute atomic E-state index is 0.336. The minimum Gasteiger partial charge on any atom is -0.355 e. The Morgan fingerprint density at radius 2 is 1.65 bits per heavy atom. The highest BCUT2D eigenvalue weighted by Gasteiger charge is 2.36. The van der Waals surface area contributed by atoms with Crippen molar-refractivity contribution in [1.29, 1.82) is 5.26 Å². The molecule has 2 N–H and O–H groups in total. The van der Waals surface area contributed by atoms with Crippen LogP contribution in [0.4, 0.5) is 5.69 Å². The molecule has 5 heteroatoms. The normalized spacial score (nSPS) is 10.7. The Labute approximate surface area is 154 Å². The lowest BCUT2D eigenvalue weighted by atomic mass is 9.90. The number of aryl methyl sites for hydroxylation is 1. The Balaban J connectivity index is 1.88. The smallest absolute Gasteiger partial charge is 0.239 e. The predicted octanol–water partition coefficient (Wildman–Crippen LogP) is 3.27. The molecule has 2 amide bonds. The molecule has 0 unspecified atom stereocenters. The number of carbonyl (C=O) groups excluding carboxylic acids is 2. The van der Waals surface area contributed by atoms with E-state index >= 15 is 0 Å². The van der Waals surface area contributed by atoms with Gasteiger partial charge in [-0.2, -0.15) is 5.26 Å². The molecule has 0 saturated heterocycles. The number of carbonyl (C=O) groups is 2. The van der Waals surface area contributed by atoms with Gasteiger partial charge >= 0.3 is 0 Å². The van der Waals surface area contributed by atoms with E-state index in [0.29, 0.717) is 17.8 Å². The van der Waals surface area contributed by atoms with Crippen molar-refractivity contribution in [3.8, 4) is 6.07 Å². The zero-order valence-electron chi connectivity index (χ0n) is 15.1. The van der Waals surface area contributed by atoms with Crippen LogP contribution in [0.1, 0.15) is 31.4 Å². The maximum atomic E-state index is 12.5. The number of nitrogens with one attached hydrogen (secondary N) is 2. The Morgan fingerprint density at radius 1 is 1.00 bits per heavy atom. The van der Waals surface area contributed by atoms with Crippen LogP contribution in [0.25, 0.3) is 0 Å². The summed E-state index contributed by atoms with van der Waals surface area (Å²) >= 11 is 0. The van der Waals surface area contributed by atoms with Gasteiger partial charge in [-0.1, -0.05) is 42.5 Å². The van der Waals surface area contributed by atoms with Crippen LogP contribution in [0.5, 0.6) is 0 Å². The molecule has 0 saturated carbocycles. The number of nitriles is 1. The van der Waals surface area contributed by atoms with E-state index in [4.69, 9.17) is 5.26 Å². The first-order chi connectivity index (χ1) is 12.4. The van der Waals surface area contributed by atoms with Gasteiger partial charge in [0.2, 0.25) is 11.8 Å². The lowest BCUT2D eigenvalue weighted by molar-refractivity contribution is -0.138. The fourth-order valence-electron chi connectivity index (χ4n) is 2.43. The summed E-state index contributed by atoms with van der Waals surface area (Å²) in [4.78, 5) is 24.9. The number of hydrogen-bond donors (Lipinski definition) is 2. The molecule has 0 atom stereocenters. The average molecular weight is 349 g/mol. The fourth-order valence-corrected chi connectivity index (χ4v) is 2.43. The maximum absolute atomic E-state index is 12.5. The van der Waals surface area contributed by atoms with Gasteiger partial charge in [-0.05, 0) is 44.4 Å². The number of nitrogens with zero attached hydrogens (tertiary/aromatic N) is 1. The maximum Gasteiger partial charge on any atom is 0.239 e. The average Bonchev–Trinajstić information content (AvgIpc) is 2.66. The van der Waals surface area contributed by atoms with Crippen LogP contribution in [-0.4, -0.2) is 18.4 Å². The molecule has 5 nitrogen and oxygen atoms in total. The van der Waals surface area contributed by atoms with Crippen LogP contribution in [0, 0.1) is 16.7 Å². The van der Waals surface area contributed by atoms with Crippen LogP contribution in [-0.2, 0) is 16.0 Å². The SMILES string of the molecule is CC(C)(C(=O)NCCCc1ccccc1)C(=O)Nc1ccccc1C#N. The van der Waals surface area contributed by atoms with Crippen LogP contribution in [0.15, 0.2) is 54.6 Å². The van der Waals surface area contributed by atoms with E-state index < -0.39 is 11.3 Å². The summed E-state index contributed by atoms with van der Waals surface area (Å²) in [5, 5.41) is 14.6. The molecule has 0 bridgehead atoms. The molecule has 0 aliphatic heterocycles. The molecular weight excluding hydrogens is 326 g/mol. The second kappa shape index (κ2) is 8.82. The third-order valence-corrected chi connectivity index (χ3v) is 4.20. The lowest BCUT2D eigenvalue weighted by Gasteiger charge is -2.23. The Hall–Kier alpha value is -3.13. The summed E-state index contributed by atoms with van der Waals surface area (Å²) in [6.07, 6.45) is 1.66. The van der Waals surface area contributed by atoms with Gasteiger partial charge in [0.1, 0.15) is 11.5 Å². The van der Waals surface area contributed by atoms with Crippen molar-refractivity contribution in [2.24, 2.45) is 5.41 Å². The van der Waals surface area contributed by atoms with Gasteiger partial charge in [0.25, 0.3) is 0 Å². The number of benzene rings is 2. The van der Waals surface area contributed by atoms with Gasteiger partial charge in [-0.15, -0.1) is 0 Å². The van der Waals surface area contributed by atoms with Crippen molar-refractivity contribution in [2.45, 2.75) is 26.7 Å². The summed E-state index contributed by atoms with van der Waals surface area (Å²) in [6.45, 7) is 3.65. The fraction of sp³-hybridized carbons (Fsp3) is 0.286. The molecule has 0 fully saturated rings. The number of hydrogen-bond acceptors (Lipinski definition) is 3. The van der Waals surface area contributed by atoms with Crippen LogP contribution >= 0.6 is 0 Å². The molecule has 0 heterocycles. The Kier molecular flexibility index (Phi) is 6.51. The largest absolute Gasteiger partial charge is 0.355 e. The highest BCUT2D eigenvalue weighted by atomic mass is 16.2. The molecule has 0 aromatic heterocycles. The first kappa shape index (κ1) is 19.2. The van der Waals surface area contributed by atoms with E-state index in [9.17, 15) is 9.59 Å². The summed E-state index contributed by atoms with van der Waals surface area (Å²) in [7, 11) is 0. The van der Waals surface area contributed by atoms with Crippen molar-refractivity contribution < 1.29 is 9.59 Å². The van der Waals surface area contributed by atoms with Crippen LogP contribution in [0.2, 0.25) is 0 Å². The van der Waals surface area contributed by atoms with Crippen molar-refractivity contribution >= 4 is 17.5 Å². The predicted molar refractivity (Wildman–Crippen MR) is 101 cm³/mol. The van der Waals surface area contributed by atoms with Crippen molar-refractivity contribution in [2.75, 3.05) is 11.9 Å². The second-order valence-electron chi connectivity index (χ2n) is 6.58. The topological polar surface area (TPSA) is 82.0 Å². The van der Waals surface area contributed by atoms with E-state index in [1.165, 1.54) is 5.56 Å². The summed E-state index contributed by atoms with van der Waals surface area (Å²) in [5.74, 6) is -0.779. The highest BCUT2D eigenvalue weighted by Crippen LogP contribution is 2.21. The Bertz CT molecular complexity index is 808. The number of para-hydroxylation sites is 1. The zero-order valence-corrected chi connectivity index (χ0v) is 15.1. The Morgan fingerprint density at radius 3 is 2.35 bits per heavy atom. The molecule has 0 radical (unpaired) electrons. The van der Waals surface area contributed by atoms with E-state index in [2.05, 4.69) is 10.6 Å². The van der Waals surface area contributed by atoms with Gasteiger partial charge in [-0.25, -0.2) is 0 Å². The van der Waals surface area contributed by atoms with Gasteiger partial charge in [-0.3, -0.25) is 9.59 Å². The van der Waals surface area contributed by atoms with E-state index in [1.807, 2.05) is 36.4 Å². The van der Waals surface area contributed by atoms with Crippen molar-refractivity contribution in [3.05, 3.63) is 65.7 Å². The van der Waals surface area contributed by atoms with Crippen molar-refractivity contribution in [1.82, 2.24) is 5.32 Å². The van der Waals surface area contributed by atoms with Crippen molar-refractivity contribution in [3.63, 3.8) is 0 Å². The van der Waals surface area contributed by atoms with E-state index in [-0.39, 0.29) is 5.91 Å². The van der Waals surface area contributed by atoms with Crippen LogP contribution in [0.3, 0.4) is 0 Å². The lowest BCUT2D eigenvalue weighted by Crippen LogP contribution is -2.45. The molecule has 134 valence electrons. The van der Waals surface area contributed by atoms with Gasteiger partial charge in [0, 0.05) is 6.54 Å². The van der Waals surface area contributed by atoms with Gasteiger partial charge in [0.05, 0.1) is 11.3 Å². The van der Waals surface area contributed by atoms with Gasteiger partial charge in [0.15, 0.2) is 0 Å². The van der Waals surface area contributed by atoms with E-state index in [1.54, 1.807) is 38.1 Å². The molecular formula is C21H23N3O2. The molecule has 0 spiro atoms. The second-order valence-corrected chi connectivity index (χ2v) is 6.58. The van der Waals surface area contributed by atoms with Crippen LogP contribution < -0.4 is 10.6 Å². The zero-order chi connectivity index (χ0) is 19.0. The highest BCUT2D eigenvalue weighted by molar-refractivity contribution is 6.10. The molecule has 0 aliphatic carbocycles. The minimum atomic E-state index is -1.24. The molecule has 26 heavy (non-hydrogen) atoms. The first-order valence-corrected chi connectivity index (χ1v) is 8.58. The first-order valence-electron chi connectivity index (χ1n) is 8.58. The summed E-state index contributed by atoms with van der Waals surface area (Å²) < 4.78 is 0. The van der Waals surface area contributed by atoms with Gasteiger partial charge < -0.3 is 10.6 Å². The number of amides is 2. The number of anilines is 1. The summed E-state index contributed by atoms with van der Waals surface area (Å²) in [5.41, 5.74) is 0.742. The standard InChI is InChI=1S/C21H23N3O2/c1-21(2,20(26)24-18-13-7-6-12-17(18)15-22)19(25)23-14-8-11-16-9-4-3-5-10-16/h3-7,9-10,12-13H,8,11,14H2,1-2H3,(H,23,25)(H,24,26). The third-order valence-electron chi connectivity index (χ3n) is 4.20. The number of rotatable bonds is 7. The molecule has 2 aromatic rings. The molecule has 0 aliphatic rings. The molecule has 2 aromatic carbocycles. The molecule has 2 rings (SSSR count). The third kappa shape index (κ3) is 4.93.